The molecule has 0 radical (unpaired) electrons. The number of fused-ring (bicyclic) bond motifs is 2. The zero-order valence-corrected chi connectivity index (χ0v) is 16.0. The standard InChI is InChI=1S/C22H21N3O4/c1-27-12-15-14-5-2-3-6-18(14)29-20(15)22(26)23-13-8-9-16-17(11-13)25-21(24-16)19-7-4-10-28-19/h2-3,5-6,8-9,11,19H,4,7,10,12H2,1H3,(H,23,26)(H,24,25). The van der Waals surface area contributed by atoms with Gasteiger partial charge in [-0.25, -0.2) is 4.98 Å². The van der Waals surface area contributed by atoms with E-state index in [0.29, 0.717) is 17.9 Å². The summed E-state index contributed by atoms with van der Waals surface area (Å²) in [5, 5.41) is 3.80. The number of aromatic nitrogens is 2. The minimum Gasteiger partial charge on any atom is -0.451 e. The number of hydrogen-bond donors (Lipinski definition) is 2. The number of methoxy groups -OCH3 is 1. The highest BCUT2D eigenvalue weighted by Crippen LogP contribution is 2.30. The number of imidazole rings is 1. The molecule has 5 rings (SSSR count). The van der Waals surface area contributed by atoms with Gasteiger partial charge in [0.25, 0.3) is 5.91 Å². The summed E-state index contributed by atoms with van der Waals surface area (Å²) >= 11 is 0. The van der Waals surface area contributed by atoms with Crippen molar-refractivity contribution >= 4 is 33.6 Å². The van der Waals surface area contributed by atoms with Crippen molar-refractivity contribution in [2.45, 2.75) is 25.6 Å². The molecule has 4 aromatic rings. The van der Waals surface area contributed by atoms with Gasteiger partial charge >= 0.3 is 0 Å². The van der Waals surface area contributed by atoms with Gasteiger partial charge in [-0.05, 0) is 37.1 Å². The van der Waals surface area contributed by atoms with Crippen molar-refractivity contribution in [3.63, 3.8) is 0 Å². The van der Waals surface area contributed by atoms with E-state index in [1.807, 2.05) is 42.5 Å². The van der Waals surface area contributed by atoms with Gasteiger partial charge in [0, 0.05) is 30.4 Å². The quantitative estimate of drug-likeness (QED) is 0.521. The van der Waals surface area contributed by atoms with Gasteiger partial charge in [0.15, 0.2) is 5.76 Å². The number of amides is 1. The second-order valence-corrected chi connectivity index (χ2v) is 7.15. The van der Waals surface area contributed by atoms with Crippen LogP contribution in [0.25, 0.3) is 22.0 Å². The summed E-state index contributed by atoms with van der Waals surface area (Å²) < 4.78 is 16.8. The van der Waals surface area contributed by atoms with Crippen molar-refractivity contribution in [3.8, 4) is 0 Å². The average Bonchev–Trinajstić information content (AvgIpc) is 3.46. The van der Waals surface area contributed by atoms with E-state index in [-0.39, 0.29) is 17.8 Å². The molecule has 2 N–H and O–H groups in total. The Balaban J connectivity index is 1.43. The van der Waals surface area contributed by atoms with Crippen molar-refractivity contribution in [3.05, 3.63) is 59.6 Å². The molecule has 0 aliphatic carbocycles. The molecular weight excluding hydrogens is 370 g/mol. The minimum atomic E-state index is -0.313. The summed E-state index contributed by atoms with van der Waals surface area (Å²) in [6.45, 7) is 1.06. The van der Waals surface area contributed by atoms with Crippen LogP contribution in [-0.2, 0) is 16.1 Å². The highest BCUT2D eigenvalue weighted by Gasteiger charge is 2.22. The van der Waals surface area contributed by atoms with Crippen molar-refractivity contribution in [2.24, 2.45) is 0 Å². The molecule has 148 valence electrons. The molecule has 2 aromatic carbocycles. The van der Waals surface area contributed by atoms with Gasteiger partial charge in [0.2, 0.25) is 0 Å². The molecule has 1 saturated heterocycles. The van der Waals surface area contributed by atoms with E-state index in [4.69, 9.17) is 13.9 Å². The summed E-state index contributed by atoms with van der Waals surface area (Å²) in [7, 11) is 1.60. The van der Waals surface area contributed by atoms with Crippen molar-refractivity contribution in [1.29, 1.82) is 0 Å². The zero-order chi connectivity index (χ0) is 19.8. The first-order valence-corrected chi connectivity index (χ1v) is 9.65. The lowest BCUT2D eigenvalue weighted by Crippen LogP contribution is -2.13. The fraction of sp³-hybridized carbons (Fsp3) is 0.273. The summed E-state index contributed by atoms with van der Waals surface area (Å²) in [5.74, 6) is 0.782. The number of benzene rings is 2. The second kappa shape index (κ2) is 7.35. The molecule has 1 aliphatic heterocycles. The van der Waals surface area contributed by atoms with Crippen LogP contribution in [0.2, 0.25) is 0 Å². The van der Waals surface area contributed by atoms with Gasteiger partial charge in [-0.15, -0.1) is 0 Å². The molecule has 1 fully saturated rings. The van der Waals surface area contributed by atoms with E-state index in [1.165, 1.54) is 0 Å². The number of nitrogens with zero attached hydrogens (tertiary/aromatic N) is 1. The largest absolute Gasteiger partial charge is 0.451 e. The van der Waals surface area contributed by atoms with Gasteiger partial charge in [0.1, 0.15) is 17.5 Å². The molecule has 2 aromatic heterocycles. The van der Waals surface area contributed by atoms with Crippen LogP contribution in [0.15, 0.2) is 46.9 Å². The Bertz CT molecular complexity index is 1190. The van der Waals surface area contributed by atoms with E-state index in [0.717, 1.165) is 47.3 Å². The third-order valence-electron chi connectivity index (χ3n) is 5.19. The van der Waals surface area contributed by atoms with Crippen LogP contribution >= 0.6 is 0 Å². The maximum atomic E-state index is 12.9. The molecule has 1 unspecified atom stereocenters. The summed E-state index contributed by atoms with van der Waals surface area (Å²) in [5.41, 5.74) is 3.76. The van der Waals surface area contributed by atoms with Gasteiger partial charge < -0.3 is 24.2 Å². The van der Waals surface area contributed by atoms with Gasteiger partial charge in [-0.2, -0.15) is 0 Å². The number of aromatic amines is 1. The molecule has 1 amide bonds. The first-order chi connectivity index (χ1) is 14.2. The Morgan fingerprint density at radius 2 is 2.21 bits per heavy atom. The van der Waals surface area contributed by atoms with Crippen LogP contribution in [0.4, 0.5) is 5.69 Å². The number of anilines is 1. The molecule has 0 saturated carbocycles. The van der Waals surface area contributed by atoms with Crippen LogP contribution in [0.5, 0.6) is 0 Å². The second-order valence-electron chi connectivity index (χ2n) is 7.15. The monoisotopic (exact) mass is 391 g/mol. The number of carbonyl (C=O) groups excluding carboxylic acids is 1. The molecule has 1 atom stereocenters. The summed E-state index contributed by atoms with van der Waals surface area (Å²) in [4.78, 5) is 20.8. The third kappa shape index (κ3) is 3.28. The smallest absolute Gasteiger partial charge is 0.291 e. The van der Waals surface area contributed by atoms with E-state index in [1.54, 1.807) is 7.11 Å². The predicted octanol–water partition coefficient (Wildman–Crippen LogP) is 4.56. The SMILES string of the molecule is COCc1c(C(=O)Nc2ccc3nc(C4CCCO4)[nH]c3c2)oc2ccccc12. The number of furan rings is 1. The molecule has 7 heteroatoms. The van der Waals surface area contributed by atoms with E-state index in [2.05, 4.69) is 15.3 Å². The number of H-pyrrole nitrogens is 1. The lowest BCUT2D eigenvalue weighted by Gasteiger charge is -2.05. The molecule has 1 aliphatic rings. The summed E-state index contributed by atoms with van der Waals surface area (Å²) in [6, 6.07) is 13.1. The fourth-order valence-electron chi connectivity index (χ4n) is 3.81. The van der Waals surface area contributed by atoms with Crippen LogP contribution in [0.1, 0.15) is 40.9 Å². The van der Waals surface area contributed by atoms with Gasteiger partial charge in [0.05, 0.1) is 17.6 Å². The van der Waals surface area contributed by atoms with E-state index < -0.39 is 0 Å². The Morgan fingerprint density at radius 3 is 3.03 bits per heavy atom. The number of rotatable bonds is 5. The maximum Gasteiger partial charge on any atom is 0.291 e. The first-order valence-electron chi connectivity index (χ1n) is 9.65. The lowest BCUT2D eigenvalue weighted by atomic mass is 10.1. The van der Waals surface area contributed by atoms with Crippen LogP contribution in [0, 0.1) is 0 Å². The van der Waals surface area contributed by atoms with Crippen LogP contribution in [-0.4, -0.2) is 29.6 Å². The van der Waals surface area contributed by atoms with Gasteiger partial charge in [-0.1, -0.05) is 18.2 Å². The van der Waals surface area contributed by atoms with Crippen molar-refractivity contribution < 1.29 is 18.7 Å². The third-order valence-corrected chi connectivity index (χ3v) is 5.19. The number of carbonyl (C=O) groups is 1. The van der Waals surface area contributed by atoms with E-state index >= 15 is 0 Å². The lowest BCUT2D eigenvalue weighted by molar-refractivity contribution is 0.0992. The average molecular weight is 391 g/mol. The predicted molar refractivity (Wildman–Crippen MR) is 109 cm³/mol. The number of hydrogen-bond acceptors (Lipinski definition) is 5. The highest BCUT2D eigenvalue weighted by atomic mass is 16.5. The van der Waals surface area contributed by atoms with Crippen molar-refractivity contribution in [1.82, 2.24) is 9.97 Å². The molecule has 7 nitrogen and oxygen atoms in total. The van der Waals surface area contributed by atoms with Crippen molar-refractivity contribution in [2.75, 3.05) is 19.0 Å². The minimum absolute atomic E-state index is 0.0209. The first kappa shape index (κ1) is 17.9. The zero-order valence-electron chi connectivity index (χ0n) is 16.0. The van der Waals surface area contributed by atoms with E-state index in [9.17, 15) is 4.79 Å². The Hall–Kier alpha value is -3.16. The molecular formula is C22H21N3O4. The molecule has 3 heterocycles. The molecule has 0 bridgehead atoms. The Kier molecular flexibility index (Phi) is 4.54. The van der Waals surface area contributed by atoms with Gasteiger partial charge in [-0.3, -0.25) is 4.79 Å². The van der Waals surface area contributed by atoms with Crippen LogP contribution in [0.3, 0.4) is 0 Å². The number of nitrogens with one attached hydrogen (secondary N) is 2. The molecule has 0 spiro atoms. The highest BCUT2D eigenvalue weighted by molar-refractivity contribution is 6.07. The Labute approximate surface area is 167 Å². The maximum absolute atomic E-state index is 12.9. The Morgan fingerprint density at radius 1 is 1.31 bits per heavy atom. The van der Waals surface area contributed by atoms with Crippen LogP contribution < -0.4 is 5.32 Å². The normalized spacial score (nSPS) is 16.7. The fourth-order valence-corrected chi connectivity index (χ4v) is 3.81. The number of para-hydroxylation sites is 1. The molecule has 29 heavy (non-hydrogen) atoms. The topological polar surface area (TPSA) is 89.4 Å². The number of ether oxygens (including phenoxy) is 2. The summed E-state index contributed by atoms with van der Waals surface area (Å²) in [6.07, 6.45) is 2.04.